The molecule has 1 N–H and O–H groups in total. The molecule has 1 aromatic carbocycles. The van der Waals surface area contributed by atoms with Crippen molar-refractivity contribution >= 4 is 5.97 Å². The van der Waals surface area contributed by atoms with Gasteiger partial charge in [0.05, 0.1) is 0 Å². The van der Waals surface area contributed by atoms with Gasteiger partial charge in [0.2, 0.25) is 0 Å². The van der Waals surface area contributed by atoms with E-state index in [4.69, 9.17) is 5.11 Å². The number of carbonyl (C=O) groups is 1. The van der Waals surface area contributed by atoms with Crippen molar-refractivity contribution in [3.8, 4) is 0 Å². The zero-order chi connectivity index (χ0) is 8.97. The fourth-order valence-electron chi connectivity index (χ4n) is 0.791. The molecule has 0 unspecified atom stereocenters. The van der Waals surface area contributed by atoms with E-state index in [-0.39, 0.29) is 38.3 Å². The van der Waals surface area contributed by atoms with Crippen molar-refractivity contribution in [3.05, 3.63) is 47.5 Å². The second-order valence-corrected chi connectivity index (χ2v) is 2.42. The van der Waals surface area contributed by atoms with Gasteiger partial charge in [0.25, 0.3) is 5.97 Å². The van der Waals surface area contributed by atoms with E-state index in [1.165, 1.54) is 6.92 Å². The van der Waals surface area contributed by atoms with Crippen LogP contribution in [0.25, 0.3) is 0 Å². The summed E-state index contributed by atoms with van der Waals surface area (Å²) in [5.74, 6) is -0.932. The summed E-state index contributed by atoms with van der Waals surface area (Å²) < 4.78 is 0. The number of carboxylic acids is 1. The van der Waals surface area contributed by atoms with Crippen LogP contribution in [0.5, 0.6) is 0 Å². The summed E-state index contributed by atoms with van der Waals surface area (Å²) in [4.78, 5) is 10.4. The average Bonchev–Trinajstić information content (AvgIpc) is 2.06. The van der Waals surface area contributed by atoms with Gasteiger partial charge in [-0.25, -0.2) is 0 Å². The van der Waals surface area contributed by atoms with Gasteiger partial charge < -0.3 is 9.90 Å². The molecule has 1 aromatic rings. The molecule has 1 radical (unpaired) electrons. The number of rotatable bonds is 2. The Hall–Kier alpha value is -0.466. The van der Waals surface area contributed by atoms with E-state index in [9.17, 15) is 4.79 Å². The Balaban J connectivity index is 0.00000144. The van der Waals surface area contributed by atoms with Crippen molar-refractivity contribution in [3.63, 3.8) is 0 Å². The minimum atomic E-state index is -0.932. The fourth-order valence-corrected chi connectivity index (χ4v) is 0.791. The molecule has 0 aliphatic rings. The Bertz CT molecular complexity index is 304. The van der Waals surface area contributed by atoms with Crippen molar-refractivity contribution in [1.82, 2.24) is 0 Å². The molecule has 0 aliphatic carbocycles. The Kier molecular flexibility index (Phi) is 5.84. The molecule has 0 heterocycles. The van der Waals surface area contributed by atoms with Crippen LogP contribution in [0.15, 0.2) is 35.9 Å². The summed E-state index contributed by atoms with van der Waals surface area (Å²) in [6, 6.07) is 9.19. The van der Waals surface area contributed by atoms with Crippen molar-refractivity contribution in [2.24, 2.45) is 0 Å². The molecular formula is C10H9O2Y-. The van der Waals surface area contributed by atoms with Crippen LogP contribution in [0, 0.1) is 6.08 Å². The Morgan fingerprint density at radius 2 is 1.85 bits per heavy atom. The molecule has 0 saturated heterocycles. The minimum Gasteiger partial charge on any atom is -0.521 e. The van der Waals surface area contributed by atoms with Gasteiger partial charge in [0.15, 0.2) is 0 Å². The molecule has 13 heavy (non-hydrogen) atoms. The quantitative estimate of drug-likeness (QED) is 0.642. The maximum Gasteiger partial charge on any atom is 0.252 e. The summed E-state index contributed by atoms with van der Waals surface area (Å²) >= 11 is 0. The predicted octanol–water partition coefficient (Wildman–Crippen LogP) is 1.87. The van der Waals surface area contributed by atoms with Crippen LogP contribution in [0.4, 0.5) is 0 Å². The molecule has 0 spiro atoms. The summed E-state index contributed by atoms with van der Waals surface area (Å²) in [5.41, 5.74) is 1.01. The van der Waals surface area contributed by atoms with E-state index in [1.807, 2.05) is 30.3 Å². The van der Waals surface area contributed by atoms with Crippen molar-refractivity contribution in [2.45, 2.75) is 6.92 Å². The number of hydrogen-bond donors (Lipinski definition) is 1. The maximum absolute atomic E-state index is 10.4. The van der Waals surface area contributed by atoms with Crippen LogP contribution >= 0.6 is 0 Å². The van der Waals surface area contributed by atoms with Crippen molar-refractivity contribution < 1.29 is 42.6 Å². The normalized spacial score (nSPS) is 10.4. The molecule has 0 aromatic heterocycles. The first kappa shape index (κ1) is 12.5. The van der Waals surface area contributed by atoms with E-state index in [1.54, 1.807) is 0 Å². The Morgan fingerprint density at radius 1 is 1.31 bits per heavy atom. The number of benzene rings is 1. The van der Waals surface area contributed by atoms with Crippen LogP contribution in [0.1, 0.15) is 12.5 Å². The number of hydrogen-bond acceptors (Lipinski definition) is 1. The van der Waals surface area contributed by atoms with Crippen LogP contribution in [-0.4, -0.2) is 11.1 Å². The first-order valence-corrected chi connectivity index (χ1v) is 3.59. The molecule has 2 nitrogen and oxygen atoms in total. The molecule has 0 aliphatic heterocycles. The third kappa shape index (κ3) is 4.34. The Labute approximate surface area is 103 Å². The molecular weight excluding hydrogens is 241 g/mol. The smallest absolute Gasteiger partial charge is 0.252 e. The number of carboxylic acid groups (broad SMARTS) is 1. The summed E-state index contributed by atoms with van der Waals surface area (Å²) in [5, 5.41) is 8.54. The van der Waals surface area contributed by atoms with Crippen LogP contribution in [0.3, 0.4) is 0 Å². The van der Waals surface area contributed by atoms with Gasteiger partial charge >= 0.3 is 0 Å². The summed E-state index contributed by atoms with van der Waals surface area (Å²) in [6.07, 6.45) is 2.76. The van der Waals surface area contributed by atoms with Gasteiger partial charge in [-0.05, 0) is 0 Å². The molecule has 0 fully saturated rings. The minimum absolute atomic E-state index is 0. The topological polar surface area (TPSA) is 37.3 Å². The zero-order valence-corrected chi connectivity index (χ0v) is 10.2. The van der Waals surface area contributed by atoms with Crippen molar-refractivity contribution in [1.29, 1.82) is 0 Å². The number of aliphatic carboxylic acids is 1. The molecule has 1 rings (SSSR count). The first-order chi connectivity index (χ1) is 5.70. The van der Waals surface area contributed by atoms with Gasteiger partial charge in [-0.2, -0.15) is 0 Å². The molecule has 3 heteroatoms. The maximum atomic E-state index is 10.4. The van der Waals surface area contributed by atoms with E-state index in [0.717, 1.165) is 5.56 Å². The molecule has 0 saturated carbocycles. The summed E-state index contributed by atoms with van der Waals surface area (Å²) in [6.45, 7) is 1.52. The van der Waals surface area contributed by atoms with E-state index in [2.05, 4.69) is 6.08 Å². The van der Waals surface area contributed by atoms with E-state index >= 15 is 0 Å². The van der Waals surface area contributed by atoms with Gasteiger partial charge in [-0.15, -0.1) is 35.9 Å². The SMILES string of the molecule is CC(=[C-]c1ccccc1)C(=O)O.[Y]. The van der Waals surface area contributed by atoms with Gasteiger partial charge in [0, 0.05) is 32.7 Å². The molecule has 0 atom stereocenters. The van der Waals surface area contributed by atoms with Crippen LogP contribution < -0.4 is 0 Å². The van der Waals surface area contributed by atoms with E-state index in [0.29, 0.717) is 0 Å². The standard InChI is InChI=1S/C10H9O2.Y/c1-8(10(11)12)7-9-5-3-2-4-6-9;/h2-6H,1H3,(H,11,12);/q-1;. The molecule has 65 valence electrons. The van der Waals surface area contributed by atoms with E-state index < -0.39 is 5.97 Å². The second-order valence-electron chi connectivity index (χ2n) is 2.42. The zero-order valence-electron chi connectivity index (χ0n) is 7.32. The van der Waals surface area contributed by atoms with Crippen molar-refractivity contribution in [2.75, 3.05) is 0 Å². The third-order valence-electron chi connectivity index (χ3n) is 1.43. The third-order valence-corrected chi connectivity index (χ3v) is 1.43. The fraction of sp³-hybridized carbons (Fsp3) is 0.100. The van der Waals surface area contributed by atoms with Crippen LogP contribution in [0.2, 0.25) is 0 Å². The largest absolute Gasteiger partial charge is 0.521 e. The predicted molar refractivity (Wildman–Crippen MR) is 45.6 cm³/mol. The first-order valence-electron chi connectivity index (χ1n) is 3.59. The van der Waals surface area contributed by atoms with Gasteiger partial charge in [-0.3, -0.25) is 0 Å². The molecule has 0 bridgehead atoms. The van der Waals surface area contributed by atoms with Crippen LogP contribution in [-0.2, 0) is 37.5 Å². The Morgan fingerprint density at radius 3 is 2.31 bits per heavy atom. The van der Waals surface area contributed by atoms with Gasteiger partial charge in [0.1, 0.15) is 0 Å². The average molecular weight is 250 g/mol. The summed E-state index contributed by atoms with van der Waals surface area (Å²) in [7, 11) is 0. The van der Waals surface area contributed by atoms with Gasteiger partial charge in [-0.1, -0.05) is 18.6 Å². The second kappa shape index (κ2) is 6.06. The monoisotopic (exact) mass is 250 g/mol. The molecule has 0 amide bonds.